The number of nitrogens with zero attached hydrogens (tertiary/aromatic N) is 3. The van der Waals surface area contributed by atoms with E-state index in [4.69, 9.17) is 0 Å². The first-order chi connectivity index (χ1) is 13.5. The van der Waals surface area contributed by atoms with Crippen LogP contribution in [0.3, 0.4) is 0 Å². The van der Waals surface area contributed by atoms with Crippen molar-refractivity contribution in [1.29, 1.82) is 5.26 Å². The molecule has 0 fully saturated rings. The van der Waals surface area contributed by atoms with Crippen molar-refractivity contribution >= 4 is 39.7 Å². The number of halogens is 1. The van der Waals surface area contributed by atoms with Crippen molar-refractivity contribution in [1.82, 2.24) is 4.98 Å². The molecule has 2 aromatic carbocycles. The van der Waals surface area contributed by atoms with Gasteiger partial charge in [-0.3, -0.25) is 10.1 Å². The minimum absolute atomic E-state index is 0.107. The van der Waals surface area contributed by atoms with Crippen LogP contribution in [0.5, 0.6) is 0 Å². The number of anilines is 3. The first kappa shape index (κ1) is 19.0. The van der Waals surface area contributed by atoms with Crippen LogP contribution in [0.2, 0.25) is 0 Å². The predicted molar refractivity (Wildman–Crippen MR) is 107 cm³/mol. The maximum absolute atomic E-state index is 13.1. The SMILES string of the molecule is Cc1csc(/C(C#N)=C/Nc2cc([N+](=O)[O-])ccc2Nc2ccc(F)cc2)n1. The lowest BCUT2D eigenvalue weighted by atomic mass is 10.2. The van der Waals surface area contributed by atoms with Gasteiger partial charge < -0.3 is 10.6 Å². The van der Waals surface area contributed by atoms with E-state index in [0.717, 1.165) is 5.69 Å². The minimum atomic E-state index is -0.508. The molecule has 0 spiro atoms. The fourth-order valence-corrected chi connectivity index (χ4v) is 3.10. The number of allylic oxidation sites excluding steroid dienone is 1. The van der Waals surface area contributed by atoms with Crippen LogP contribution in [-0.4, -0.2) is 9.91 Å². The summed E-state index contributed by atoms with van der Waals surface area (Å²) in [6, 6.07) is 12.0. The van der Waals surface area contributed by atoms with Gasteiger partial charge in [0, 0.05) is 35.1 Å². The predicted octanol–water partition coefficient (Wildman–Crippen LogP) is 5.22. The lowest BCUT2D eigenvalue weighted by Gasteiger charge is -2.12. The lowest BCUT2D eigenvalue weighted by molar-refractivity contribution is -0.384. The number of nitro groups is 1. The molecule has 0 amide bonds. The maximum atomic E-state index is 13.1. The number of rotatable bonds is 6. The summed E-state index contributed by atoms with van der Waals surface area (Å²) in [5, 5.41) is 28.9. The van der Waals surface area contributed by atoms with Gasteiger partial charge in [-0.2, -0.15) is 5.26 Å². The van der Waals surface area contributed by atoms with E-state index in [-0.39, 0.29) is 11.5 Å². The van der Waals surface area contributed by atoms with Gasteiger partial charge in [-0.15, -0.1) is 11.3 Å². The van der Waals surface area contributed by atoms with Crippen molar-refractivity contribution < 1.29 is 9.31 Å². The molecule has 3 aromatic rings. The summed E-state index contributed by atoms with van der Waals surface area (Å²) < 4.78 is 13.1. The van der Waals surface area contributed by atoms with Crippen LogP contribution in [0.15, 0.2) is 54.0 Å². The number of aryl methyl sites for hydroxylation is 1. The summed E-state index contributed by atoms with van der Waals surface area (Å²) in [6.07, 6.45) is 1.45. The summed E-state index contributed by atoms with van der Waals surface area (Å²) in [5.74, 6) is -0.368. The Morgan fingerprint density at radius 2 is 2.04 bits per heavy atom. The van der Waals surface area contributed by atoms with E-state index in [9.17, 15) is 19.8 Å². The topological polar surface area (TPSA) is 104 Å². The molecule has 2 N–H and O–H groups in total. The van der Waals surface area contributed by atoms with E-state index in [0.29, 0.717) is 27.6 Å². The van der Waals surface area contributed by atoms with Gasteiger partial charge in [-0.25, -0.2) is 9.37 Å². The van der Waals surface area contributed by atoms with Crippen molar-refractivity contribution in [3.05, 3.63) is 80.7 Å². The standard InChI is InChI=1S/C19H14FN5O2S/c1-12-11-28-19(23-12)13(9-21)10-22-18-8-16(25(26)27)6-7-17(18)24-15-4-2-14(20)3-5-15/h2-8,10-11,22,24H,1H3/b13-10+. The summed E-state index contributed by atoms with van der Waals surface area (Å²) in [6.45, 7) is 1.83. The van der Waals surface area contributed by atoms with E-state index in [1.54, 1.807) is 12.1 Å². The molecular weight excluding hydrogens is 381 g/mol. The molecule has 0 unspecified atom stereocenters. The Labute approximate surface area is 163 Å². The molecule has 140 valence electrons. The third-order valence-electron chi connectivity index (χ3n) is 3.68. The number of nitriles is 1. The molecule has 7 nitrogen and oxygen atoms in total. The molecule has 0 saturated carbocycles. The second-order valence-electron chi connectivity index (χ2n) is 5.73. The zero-order valence-corrected chi connectivity index (χ0v) is 15.5. The van der Waals surface area contributed by atoms with Crippen molar-refractivity contribution in [3.8, 4) is 6.07 Å². The number of nitro benzene ring substituents is 1. The number of hydrogen-bond acceptors (Lipinski definition) is 7. The highest BCUT2D eigenvalue weighted by Crippen LogP contribution is 2.30. The minimum Gasteiger partial charge on any atom is -0.358 e. The number of hydrogen-bond donors (Lipinski definition) is 2. The molecule has 3 rings (SSSR count). The van der Waals surface area contributed by atoms with Crippen LogP contribution < -0.4 is 10.6 Å². The van der Waals surface area contributed by atoms with Gasteiger partial charge in [0.1, 0.15) is 22.5 Å². The van der Waals surface area contributed by atoms with E-state index in [2.05, 4.69) is 21.7 Å². The highest BCUT2D eigenvalue weighted by Gasteiger charge is 2.12. The van der Waals surface area contributed by atoms with E-state index in [1.165, 1.54) is 47.9 Å². The largest absolute Gasteiger partial charge is 0.358 e. The van der Waals surface area contributed by atoms with Gasteiger partial charge in [0.25, 0.3) is 5.69 Å². The fourth-order valence-electron chi connectivity index (χ4n) is 2.33. The third-order valence-corrected chi connectivity index (χ3v) is 4.67. The average molecular weight is 395 g/mol. The van der Waals surface area contributed by atoms with Gasteiger partial charge >= 0.3 is 0 Å². The van der Waals surface area contributed by atoms with Crippen LogP contribution >= 0.6 is 11.3 Å². The van der Waals surface area contributed by atoms with Gasteiger partial charge in [0.05, 0.1) is 16.3 Å². The van der Waals surface area contributed by atoms with Crippen LogP contribution in [0.25, 0.3) is 5.57 Å². The Balaban J connectivity index is 1.93. The van der Waals surface area contributed by atoms with Gasteiger partial charge in [0.15, 0.2) is 0 Å². The number of nitrogens with one attached hydrogen (secondary N) is 2. The number of benzene rings is 2. The smallest absolute Gasteiger partial charge is 0.271 e. The Morgan fingerprint density at radius 1 is 1.29 bits per heavy atom. The molecule has 0 aliphatic rings. The first-order valence-electron chi connectivity index (χ1n) is 8.06. The summed E-state index contributed by atoms with van der Waals surface area (Å²) in [5.41, 5.74) is 2.52. The molecule has 0 saturated heterocycles. The van der Waals surface area contributed by atoms with Crippen LogP contribution in [0.1, 0.15) is 10.7 Å². The van der Waals surface area contributed by atoms with Crippen molar-refractivity contribution in [3.63, 3.8) is 0 Å². The van der Waals surface area contributed by atoms with E-state index >= 15 is 0 Å². The normalized spacial score (nSPS) is 11.0. The molecule has 0 radical (unpaired) electrons. The van der Waals surface area contributed by atoms with Gasteiger partial charge in [0.2, 0.25) is 0 Å². The summed E-state index contributed by atoms with van der Waals surface area (Å²) in [7, 11) is 0. The Kier molecular flexibility index (Phi) is 5.62. The summed E-state index contributed by atoms with van der Waals surface area (Å²) >= 11 is 1.33. The molecule has 0 bridgehead atoms. The number of thiazole rings is 1. The zero-order valence-electron chi connectivity index (χ0n) is 14.6. The summed E-state index contributed by atoms with van der Waals surface area (Å²) in [4.78, 5) is 14.9. The van der Waals surface area contributed by atoms with Crippen LogP contribution in [-0.2, 0) is 0 Å². The molecule has 1 heterocycles. The maximum Gasteiger partial charge on any atom is 0.271 e. The molecule has 28 heavy (non-hydrogen) atoms. The molecule has 0 aliphatic carbocycles. The molecule has 9 heteroatoms. The molecule has 0 atom stereocenters. The average Bonchev–Trinajstić information content (AvgIpc) is 3.11. The van der Waals surface area contributed by atoms with E-state index in [1.807, 2.05) is 12.3 Å². The highest BCUT2D eigenvalue weighted by atomic mass is 32.1. The molecular formula is C19H14FN5O2S. The second-order valence-corrected chi connectivity index (χ2v) is 6.59. The third kappa shape index (κ3) is 4.49. The van der Waals surface area contributed by atoms with Crippen LogP contribution in [0, 0.1) is 34.2 Å². The van der Waals surface area contributed by atoms with Gasteiger partial charge in [-0.1, -0.05) is 0 Å². The monoisotopic (exact) mass is 395 g/mol. The Bertz CT molecular complexity index is 1090. The van der Waals surface area contributed by atoms with Crippen molar-refractivity contribution in [2.45, 2.75) is 6.92 Å². The molecule has 1 aromatic heterocycles. The number of non-ortho nitro benzene ring substituents is 1. The Hall–Kier alpha value is -3.77. The van der Waals surface area contributed by atoms with Gasteiger partial charge in [-0.05, 0) is 37.3 Å². The second kappa shape index (κ2) is 8.28. The fraction of sp³-hybridized carbons (Fsp3) is 0.0526. The zero-order chi connectivity index (χ0) is 20.1. The van der Waals surface area contributed by atoms with Crippen molar-refractivity contribution in [2.24, 2.45) is 0 Å². The molecule has 0 aliphatic heterocycles. The quantitative estimate of drug-likeness (QED) is 0.337. The van der Waals surface area contributed by atoms with Crippen molar-refractivity contribution in [2.75, 3.05) is 10.6 Å². The van der Waals surface area contributed by atoms with E-state index < -0.39 is 4.92 Å². The Morgan fingerprint density at radius 3 is 2.64 bits per heavy atom. The lowest BCUT2D eigenvalue weighted by Crippen LogP contribution is -1.99. The number of aromatic nitrogens is 1. The van der Waals surface area contributed by atoms with Crippen LogP contribution in [0.4, 0.5) is 27.1 Å². The first-order valence-corrected chi connectivity index (χ1v) is 8.94. The highest BCUT2D eigenvalue weighted by molar-refractivity contribution is 7.10.